The Labute approximate surface area is 78.1 Å². The van der Waals surface area contributed by atoms with Crippen LogP contribution < -0.4 is 0 Å². The highest BCUT2D eigenvalue weighted by atomic mass is 16.5. The van der Waals surface area contributed by atoms with Crippen molar-refractivity contribution in [2.24, 2.45) is 11.3 Å². The van der Waals surface area contributed by atoms with Gasteiger partial charge in [0.1, 0.15) is 0 Å². The van der Waals surface area contributed by atoms with Crippen molar-refractivity contribution >= 4 is 5.97 Å². The van der Waals surface area contributed by atoms with Crippen molar-refractivity contribution in [1.29, 1.82) is 0 Å². The van der Waals surface area contributed by atoms with Gasteiger partial charge in [0.25, 0.3) is 0 Å². The lowest BCUT2D eigenvalue weighted by Gasteiger charge is -2.28. The van der Waals surface area contributed by atoms with Crippen LogP contribution in [0.1, 0.15) is 32.6 Å². The van der Waals surface area contributed by atoms with Crippen molar-refractivity contribution in [3.8, 4) is 0 Å². The third kappa shape index (κ3) is 1.17. The van der Waals surface area contributed by atoms with E-state index >= 15 is 0 Å². The summed E-state index contributed by atoms with van der Waals surface area (Å²) in [6.45, 7) is 2.06. The first-order valence-electron chi connectivity index (χ1n) is 4.81. The molecule has 0 aromatic rings. The van der Waals surface area contributed by atoms with Crippen molar-refractivity contribution < 1.29 is 14.6 Å². The van der Waals surface area contributed by atoms with Crippen LogP contribution in [0, 0.1) is 11.3 Å². The third-order valence-electron chi connectivity index (χ3n) is 3.82. The predicted molar refractivity (Wildman–Crippen MR) is 47.0 cm³/mol. The van der Waals surface area contributed by atoms with Gasteiger partial charge in [-0.3, -0.25) is 4.79 Å². The maximum absolute atomic E-state index is 11.3. The average Bonchev–Trinajstić information content (AvgIpc) is 2.66. The molecule has 0 aromatic heterocycles. The smallest absolute Gasteiger partial charge is 0.308 e. The van der Waals surface area contributed by atoms with Crippen LogP contribution in [0.25, 0.3) is 0 Å². The molecule has 0 heterocycles. The summed E-state index contributed by atoms with van der Waals surface area (Å²) in [6, 6.07) is 0. The minimum atomic E-state index is -0.461. The molecule has 1 N–H and O–H groups in total. The number of methoxy groups -OCH3 is 1. The standard InChI is InChI=1S/C10H16O3/c1-9-5-7(8(11)13-2)3-4-10(9,12)6-9/h7,12H,3-6H2,1-2H3. The molecule has 2 fully saturated rings. The molecule has 3 nitrogen and oxygen atoms in total. The number of fused-ring (bicyclic) bond motifs is 1. The molecule has 0 spiro atoms. The van der Waals surface area contributed by atoms with Crippen LogP contribution in [-0.4, -0.2) is 23.8 Å². The summed E-state index contributed by atoms with van der Waals surface area (Å²) in [7, 11) is 1.43. The summed E-state index contributed by atoms with van der Waals surface area (Å²) in [6.07, 6.45) is 3.17. The van der Waals surface area contributed by atoms with Gasteiger partial charge >= 0.3 is 5.97 Å². The predicted octanol–water partition coefficient (Wildman–Crippen LogP) is 1.10. The van der Waals surface area contributed by atoms with E-state index in [-0.39, 0.29) is 17.3 Å². The molecule has 0 saturated heterocycles. The van der Waals surface area contributed by atoms with Crippen molar-refractivity contribution in [1.82, 2.24) is 0 Å². The molecule has 3 heteroatoms. The van der Waals surface area contributed by atoms with E-state index < -0.39 is 5.60 Å². The zero-order valence-electron chi connectivity index (χ0n) is 8.17. The molecule has 0 aliphatic heterocycles. The highest BCUT2D eigenvalue weighted by Gasteiger charge is 2.66. The van der Waals surface area contributed by atoms with Gasteiger partial charge in [-0.1, -0.05) is 6.92 Å². The first-order valence-corrected chi connectivity index (χ1v) is 4.81. The number of esters is 1. The molecule has 0 bridgehead atoms. The zero-order valence-corrected chi connectivity index (χ0v) is 8.17. The minimum Gasteiger partial charge on any atom is -0.469 e. The average molecular weight is 184 g/mol. The van der Waals surface area contributed by atoms with E-state index in [0.717, 1.165) is 25.7 Å². The quantitative estimate of drug-likeness (QED) is 0.621. The van der Waals surface area contributed by atoms with Gasteiger partial charge in [0.05, 0.1) is 18.6 Å². The molecule has 0 radical (unpaired) electrons. The summed E-state index contributed by atoms with van der Waals surface area (Å²) < 4.78 is 4.71. The molecule has 0 amide bonds. The van der Waals surface area contributed by atoms with Crippen LogP contribution in [0.4, 0.5) is 0 Å². The summed E-state index contributed by atoms with van der Waals surface area (Å²) >= 11 is 0. The van der Waals surface area contributed by atoms with E-state index in [4.69, 9.17) is 4.74 Å². The number of hydrogen-bond donors (Lipinski definition) is 1. The second kappa shape index (κ2) is 2.47. The molecule has 13 heavy (non-hydrogen) atoms. The fraction of sp³-hybridized carbons (Fsp3) is 0.900. The Balaban J connectivity index is 2.03. The first-order chi connectivity index (χ1) is 6.01. The Morgan fingerprint density at radius 1 is 1.62 bits per heavy atom. The van der Waals surface area contributed by atoms with E-state index in [1.165, 1.54) is 7.11 Å². The molecule has 3 unspecified atom stereocenters. The number of rotatable bonds is 1. The number of aliphatic hydroxyl groups is 1. The Kier molecular flexibility index (Phi) is 1.71. The normalized spacial score (nSPS) is 48.1. The van der Waals surface area contributed by atoms with E-state index in [9.17, 15) is 9.90 Å². The Morgan fingerprint density at radius 3 is 2.85 bits per heavy atom. The lowest BCUT2D eigenvalue weighted by atomic mass is 9.80. The second-order valence-electron chi connectivity index (χ2n) is 4.73. The van der Waals surface area contributed by atoms with Crippen molar-refractivity contribution in [2.75, 3.05) is 7.11 Å². The minimum absolute atomic E-state index is 0.00981. The lowest BCUT2D eigenvalue weighted by molar-refractivity contribution is -0.148. The maximum Gasteiger partial charge on any atom is 0.308 e. The fourth-order valence-corrected chi connectivity index (χ4v) is 2.68. The molecule has 3 atom stereocenters. The summed E-state index contributed by atoms with van der Waals surface area (Å²) in [5.41, 5.74) is -0.471. The Hall–Kier alpha value is -0.570. The highest BCUT2D eigenvalue weighted by Crippen LogP contribution is 2.65. The van der Waals surface area contributed by atoms with Gasteiger partial charge in [-0.2, -0.15) is 0 Å². The summed E-state index contributed by atoms with van der Waals surface area (Å²) in [5.74, 6) is -0.104. The van der Waals surface area contributed by atoms with Crippen LogP contribution in [0.2, 0.25) is 0 Å². The molecule has 2 rings (SSSR count). The SMILES string of the molecule is COC(=O)C1CCC2(O)CC2(C)C1. The number of ether oxygens (including phenoxy) is 1. The van der Waals surface area contributed by atoms with Crippen LogP contribution in [0.15, 0.2) is 0 Å². The number of carbonyl (C=O) groups excluding carboxylic acids is 1. The van der Waals surface area contributed by atoms with Gasteiger partial charge in [-0.25, -0.2) is 0 Å². The summed E-state index contributed by atoms with van der Waals surface area (Å²) in [4.78, 5) is 11.3. The van der Waals surface area contributed by atoms with Gasteiger partial charge in [0.2, 0.25) is 0 Å². The van der Waals surface area contributed by atoms with Crippen LogP contribution in [0.3, 0.4) is 0 Å². The molecule has 0 aromatic carbocycles. The highest BCUT2D eigenvalue weighted by molar-refractivity contribution is 5.72. The molecular weight excluding hydrogens is 168 g/mol. The molecule has 2 saturated carbocycles. The topological polar surface area (TPSA) is 46.5 Å². The molecule has 2 aliphatic carbocycles. The first kappa shape index (κ1) is 9.00. The zero-order chi connectivity index (χ0) is 9.69. The monoisotopic (exact) mass is 184 g/mol. The summed E-state index contributed by atoms with van der Waals surface area (Å²) in [5, 5.41) is 9.93. The van der Waals surface area contributed by atoms with Gasteiger partial charge in [0, 0.05) is 0 Å². The number of hydrogen-bond acceptors (Lipinski definition) is 3. The van der Waals surface area contributed by atoms with E-state index in [2.05, 4.69) is 6.92 Å². The number of carbonyl (C=O) groups is 1. The van der Waals surface area contributed by atoms with Crippen LogP contribution in [-0.2, 0) is 9.53 Å². The maximum atomic E-state index is 11.3. The fourth-order valence-electron chi connectivity index (χ4n) is 2.68. The largest absolute Gasteiger partial charge is 0.469 e. The Bertz CT molecular complexity index is 251. The van der Waals surface area contributed by atoms with Crippen LogP contribution >= 0.6 is 0 Å². The molecule has 74 valence electrons. The van der Waals surface area contributed by atoms with E-state index in [1.54, 1.807) is 0 Å². The van der Waals surface area contributed by atoms with E-state index in [0.29, 0.717) is 0 Å². The Morgan fingerprint density at radius 2 is 2.31 bits per heavy atom. The van der Waals surface area contributed by atoms with E-state index in [1.807, 2.05) is 0 Å². The van der Waals surface area contributed by atoms with Gasteiger partial charge < -0.3 is 9.84 Å². The van der Waals surface area contributed by atoms with Gasteiger partial charge in [0.15, 0.2) is 0 Å². The van der Waals surface area contributed by atoms with Crippen molar-refractivity contribution in [3.05, 3.63) is 0 Å². The van der Waals surface area contributed by atoms with Crippen molar-refractivity contribution in [2.45, 2.75) is 38.2 Å². The third-order valence-corrected chi connectivity index (χ3v) is 3.82. The van der Waals surface area contributed by atoms with Crippen LogP contribution in [0.5, 0.6) is 0 Å². The van der Waals surface area contributed by atoms with Crippen molar-refractivity contribution in [3.63, 3.8) is 0 Å². The second-order valence-corrected chi connectivity index (χ2v) is 4.73. The molecule has 2 aliphatic rings. The van der Waals surface area contributed by atoms with Gasteiger partial charge in [-0.15, -0.1) is 0 Å². The molecular formula is C10H16O3. The van der Waals surface area contributed by atoms with Gasteiger partial charge in [-0.05, 0) is 31.1 Å². The lowest BCUT2D eigenvalue weighted by Crippen LogP contribution is -2.31.